The van der Waals surface area contributed by atoms with Gasteiger partial charge in [-0.3, -0.25) is 0 Å². The molecular weight excluding hydrogens is 266 g/mol. The Morgan fingerprint density at radius 2 is 1.59 bits per heavy atom. The molecule has 1 heteroatoms. The second kappa shape index (κ2) is 5.53. The molecule has 116 valence electrons. The lowest BCUT2D eigenvalue weighted by molar-refractivity contribution is -0.758. The minimum absolute atomic E-state index is 0.209. The fourth-order valence-electron chi connectivity index (χ4n) is 4.37. The van der Waals surface area contributed by atoms with Crippen LogP contribution in [0.2, 0.25) is 0 Å². The Labute approximate surface area is 135 Å². The highest BCUT2D eigenvalue weighted by Crippen LogP contribution is 2.46. The molecule has 0 aliphatic carbocycles. The normalized spacial score (nSPS) is 22.5. The van der Waals surface area contributed by atoms with E-state index in [-0.39, 0.29) is 11.0 Å². The molecule has 1 aromatic carbocycles. The first-order valence-electron chi connectivity index (χ1n) is 8.71. The quantitative estimate of drug-likeness (QED) is 0.683. The summed E-state index contributed by atoms with van der Waals surface area (Å²) >= 11 is 0. The molecule has 1 aliphatic heterocycles. The van der Waals surface area contributed by atoms with Crippen molar-refractivity contribution in [2.45, 2.75) is 64.3 Å². The molecule has 0 radical (unpaired) electrons. The predicted octanol–water partition coefficient (Wildman–Crippen LogP) is 5.23. The molecule has 1 aromatic heterocycles. The highest BCUT2D eigenvalue weighted by Gasteiger charge is 2.48. The zero-order chi connectivity index (χ0) is 15.8. The number of rotatable bonds is 3. The Kier molecular flexibility index (Phi) is 3.84. The molecule has 0 bridgehead atoms. The van der Waals surface area contributed by atoms with Gasteiger partial charge in [-0.05, 0) is 29.5 Å². The number of hydrogen-bond acceptors (Lipinski definition) is 0. The predicted molar refractivity (Wildman–Crippen MR) is 92.9 cm³/mol. The van der Waals surface area contributed by atoms with Gasteiger partial charge in [0.1, 0.15) is 0 Å². The smallest absolute Gasteiger partial charge is 0.193 e. The molecule has 2 aromatic rings. The van der Waals surface area contributed by atoms with Crippen LogP contribution in [0.3, 0.4) is 0 Å². The van der Waals surface area contributed by atoms with Crippen LogP contribution in [0.25, 0.3) is 11.3 Å². The van der Waals surface area contributed by atoms with Crippen molar-refractivity contribution in [2.24, 2.45) is 0 Å². The average molecular weight is 294 g/mol. The number of nitrogens with zero attached hydrogens (tertiary/aromatic N) is 1. The van der Waals surface area contributed by atoms with Crippen LogP contribution in [0.4, 0.5) is 0 Å². The maximum atomic E-state index is 2.56. The van der Waals surface area contributed by atoms with Gasteiger partial charge < -0.3 is 0 Å². The van der Waals surface area contributed by atoms with Gasteiger partial charge in [-0.15, -0.1) is 0 Å². The van der Waals surface area contributed by atoms with E-state index in [1.54, 1.807) is 0 Å². The summed E-state index contributed by atoms with van der Waals surface area (Å²) in [6.07, 6.45) is 7.03. The zero-order valence-corrected chi connectivity index (χ0v) is 14.4. The molecule has 2 heterocycles. The molecule has 0 amide bonds. The lowest BCUT2D eigenvalue weighted by Crippen LogP contribution is -2.57. The van der Waals surface area contributed by atoms with Crippen molar-refractivity contribution < 1.29 is 4.57 Å². The standard InChI is InChI=1S/C21H28N/c1-5-20(4)16-21(6-2,7-3)22-15-11-10-14-19(22)17-12-8-9-13-18(17)20/h8-15H,5-7,16H2,1-4H3/q+1. The van der Waals surface area contributed by atoms with E-state index in [0.717, 1.165) is 0 Å². The van der Waals surface area contributed by atoms with Gasteiger partial charge in [-0.2, -0.15) is 4.57 Å². The molecule has 0 saturated carbocycles. The van der Waals surface area contributed by atoms with Crippen LogP contribution in [-0.4, -0.2) is 0 Å². The topological polar surface area (TPSA) is 3.88 Å². The molecule has 1 nitrogen and oxygen atoms in total. The first-order valence-corrected chi connectivity index (χ1v) is 8.71. The largest absolute Gasteiger partial charge is 0.213 e. The second-order valence-corrected chi connectivity index (χ2v) is 7.02. The minimum Gasteiger partial charge on any atom is -0.193 e. The minimum atomic E-state index is 0.209. The van der Waals surface area contributed by atoms with E-state index in [0.29, 0.717) is 0 Å². The van der Waals surface area contributed by atoms with Gasteiger partial charge in [0.15, 0.2) is 11.7 Å². The maximum absolute atomic E-state index is 2.56. The maximum Gasteiger partial charge on any atom is 0.213 e. The molecule has 0 spiro atoms. The zero-order valence-electron chi connectivity index (χ0n) is 14.4. The summed E-state index contributed by atoms with van der Waals surface area (Å²) in [6.45, 7) is 9.49. The van der Waals surface area contributed by atoms with Crippen LogP contribution in [0, 0.1) is 0 Å². The number of benzene rings is 1. The van der Waals surface area contributed by atoms with Crippen molar-refractivity contribution in [3.8, 4) is 11.3 Å². The molecule has 3 rings (SSSR count). The highest BCUT2D eigenvalue weighted by molar-refractivity contribution is 5.63. The molecule has 1 unspecified atom stereocenters. The van der Waals surface area contributed by atoms with Crippen LogP contribution in [0.5, 0.6) is 0 Å². The Morgan fingerprint density at radius 3 is 2.27 bits per heavy atom. The summed E-state index contributed by atoms with van der Waals surface area (Å²) in [4.78, 5) is 0. The van der Waals surface area contributed by atoms with Crippen LogP contribution in [0.15, 0.2) is 48.7 Å². The van der Waals surface area contributed by atoms with E-state index in [4.69, 9.17) is 0 Å². The van der Waals surface area contributed by atoms with Crippen molar-refractivity contribution in [2.75, 3.05) is 0 Å². The van der Waals surface area contributed by atoms with E-state index in [2.05, 4.69) is 80.9 Å². The van der Waals surface area contributed by atoms with E-state index >= 15 is 0 Å². The lowest BCUT2D eigenvalue weighted by Gasteiger charge is -2.35. The van der Waals surface area contributed by atoms with E-state index in [9.17, 15) is 0 Å². The van der Waals surface area contributed by atoms with Gasteiger partial charge in [-0.1, -0.05) is 45.9 Å². The number of fused-ring (bicyclic) bond motifs is 3. The van der Waals surface area contributed by atoms with Gasteiger partial charge in [-0.25, -0.2) is 0 Å². The van der Waals surface area contributed by atoms with Crippen LogP contribution >= 0.6 is 0 Å². The van der Waals surface area contributed by atoms with Crippen molar-refractivity contribution in [3.63, 3.8) is 0 Å². The molecule has 1 atom stereocenters. The second-order valence-electron chi connectivity index (χ2n) is 7.02. The fraction of sp³-hybridized carbons (Fsp3) is 0.476. The third-order valence-corrected chi connectivity index (χ3v) is 6.04. The van der Waals surface area contributed by atoms with Crippen molar-refractivity contribution >= 4 is 0 Å². The summed E-state index contributed by atoms with van der Waals surface area (Å²) in [7, 11) is 0. The van der Waals surface area contributed by atoms with Crippen LogP contribution in [-0.2, 0) is 11.0 Å². The molecule has 0 fully saturated rings. The molecular formula is C21H28N+. The Hall–Kier alpha value is -1.63. The number of pyridine rings is 1. The summed E-state index contributed by atoms with van der Waals surface area (Å²) < 4.78 is 2.56. The van der Waals surface area contributed by atoms with Crippen molar-refractivity contribution in [1.29, 1.82) is 0 Å². The third-order valence-electron chi connectivity index (χ3n) is 6.04. The summed E-state index contributed by atoms with van der Waals surface area (Å²) in [5, 5.41) is 0. The van der Waals surface area contributed by atoms with Gasteiger partial charge >= 0.3 is 0 Å². The number of aromatic nitrogens is 1. The van der Waals surface area contributed by atoms with Gasteiger partial charge in [0.05, 0.1) is 0 Å². The molecule has 22 heavy (non-hydrogen) atoms. The van der Waals surface area contributed by atoms with Gasteiger partial charge in [0, 0.05) is 37.0 Å². The van der Waals surface area contributed by atoms with Crippen molar-refractivity contribution in [3.05, 3.63) is 54.2 Å². The van der Waals surface area contributed by atoms with Crippen LogP contribution < -0.4 is 4.57 Å². The van der Waals surface area contributed by atoms with Crippen LogP contribution in [0.1, 0.15) is 58.9 Å². The number of hydrogen-bond donors (Lipinski definition) is 0. The molecule has 1 aliphatic rings. The Bertz CT molecular complexity index is 669. The summed E-state index contributed by atoms with van der Waals surface area (Å²) in [5.41, 5.74) is 4.74. The van der Waals surface area contributed by atoms with E-state index in [1.807, 2.05) is 0 Å². The average Bonchev–Trinajstić information content (AvgIpc) is 2.68. The molecule has 0 saturated heterocycles. The summed E-state index contributed by atoms with van der Waals surface area (Å²) in [6, 6.07) is 15.7. The SMILES string of the molecule is CCC1(C)CC(CC)(CC)[n+]2ccccc2-c2ccccc21. The fourth-order valence-corrected chi connectivity index (χ4v) is 4.37. The van der Waals surface area contributed by atoms with Crippen molar-refractivity contribution in [1.82, 2.24) is 0 Å². The summed E-state index contributed by atoms with van der Waals surface area (Å²) in [5.74, 6) is 0. The van der Waals surface area contributed by atoms with Gasteiger partial charge in [0.25, 0.3) is 0 Å². The Balaban J connectivity index is 2.37. The van der Waals surface area contributed by atoms with E-state index in [1.165, 1.54) is 42.5 Å². The third kappa shape index (κ3) is 2.10. The monoisotopic (exact) mass is 294 g/mol. The van der Waals surface area contributed by atoms with Gasteiger partial charge in [0.2, 0.25) is 5.69 Å². The Morgan fingerprint density at radius 1 is 0.909 bits per heavy atom. The van der Waals surface area contributed by atoms with E-state index < -0.39 is 0 Å². The highest BCUT2D eigenvalue weighted by atomic mass is 15.1. The first-order chi connectivity index (χ1) is 10.6. The molecule has 0 N–H and O–H groups in total. The first kappa shape index (κ1) is 15.3. The lowest BCUT2D eigenvalue weighted by atomic mass is 9.69.